The van der Waals surface area contributed by atoms with Crippen molar-refractivity contribution in [3.05, 3.63) is 60.2 Å². The second-order valence-electron chi connectivity index (χ2n) is 7.32. The minimum atomic E-state index is -1.17. The summed E-state index contributed by atoms with van der Waals surface area (Å²) in [6, 6.07) is 15.8. The molecule has 1 heterocycles. The van der Waals surface area contributed by atoms with Crippen molar-refractivity contribution < 1.29 is 19.1 Å². The Morgan fingerprint density at radius 2 is 1.76 bits per heavy atom. The molecule has 29 heavy (non-hydrogen) atoms. The summed E-state index contributed by atoms with van der Waals surface area (Å²) < 4.78 is 5.43. The fraction of sp³-hybridized carbons (Fsp3) is 0.318. The second kappa shape index (κ2) is 8.34. The van der Waals surface area contributed by atoms with Crippen LogP contribution in [0.25, 0.3) is 0 Å². The third-order valence-corrected chi connectivity index (χ3v) is 5.20. The Labute approximate surface area is 170 Å². The number of carbonyl (C=O) groups is 3. The Balaban J connectivity index is 1.80. The van der Waals surface area contributed by atoms with Gasteiger partial charge in [0.05, 0.1) is 5.69 Å². The van der Waals surface area contributed by atoms with Crippen LogP contribution in [0, 0.1) is 0 Å². The van der Waals surface area contributed by atoms with E-state index in [0.717, 1.165) is 10.5 Å². The van der Waals surface area contributed by atoms with Gasteiger partial charge in [0.15, 0.2) is 0 Å². The van der Waals surface area contributed by atoms with E-state index in [1.807, 2.05) is 30.3 Å². The van der Waals surface area contributed by atoms with Crippen molar-refractivity contribution in [2.45, 2.75) is 38.8 Å². The highest BCUT2D eigenvalue weighted by molar-refractivity contribution is 6.17. The van der Waals surface area contributed by atoms with Gasteiger partial charge in [-0.15, -0.1) is 0 Å². The first-order valence-electron chi connectivity index (χ1n) is 9.52. The number of ether oxygens (including phenoxy) is 1. The standard InChI is InChI=1S/C22H25N3O4/c1-16(26)25(19-11-9-18(23)10-12-19)20(27)22(2)13-6-14-24(22)21(28)29-15-17-7-4-3-5-8-17/h3-5,7-12H,6,13-15,23H2,1-2H3. The van der Waals surface area contributed by atoms with Crippen LogP contribution in [0.1, 0.15) is 32.3 Å². The van der Waals surface area contributed by atoms with Crippen LogP contribution in [0.3, 0.4) is 0 Å². The molecule has 2 aromatic rings. The van der Waals surface area contributed by atoms with Crippen molar-refractivity contribution >= 4 is 29.3 Å². The molecule has 1 fully saturated rings. The Kier molecular flexibility index (Phi) is 5.87. The van der Waals surface area contributed by atoms with Crippen LogP contribution < -0.4 is 10.6 Å². The lowest BCUT2D eigenvalue weighted by Crippen LogP contribution is -2.57. The van der Waals surface area contributed by atoms with Crippen LogP contribution in [0.15, 0.2) is 54.6 Å². The van der Waals surface area contributed by atoms with Gasteiger partial charge in [0.25, 0.3) is 5.91 Å². The molecule has 1 saturated heterocycles. The van der Waals surface area contributed by atoms with Crippen molar-refractivity contribution in [3.63, 3.8) is 0 Å². The number of benzene rings is 2. The number of imide groups is 1. The summed E-state index contributed by atoms with van der Waals surface area (Å²) in [7, 11) is 0. The predicted octanol–water partition coefficient (Wildman–Crippen LogP) is 3.34. The molecule has 7 heteroatoms. The second-order valence-corrected chi connectivity index (χ2v) is 7.32. The molecule has 0 bridgehead atoms. The summed E-state index contributed by atoms with van der Waals surface area (Å²) in [6.07, 6.45) is 0.532. The van der Waals surface area contributed by atoms with E-state index in [0.29, 0.717) is 30.8 Å². The Morgan fingerprint density at radius 3 is 2.38 bits per heavy atom. The molecule has 2 aromatic carbocycles. The number of hydrogen-bond acceptors (Lipinski definition) is 5. The maximum absolute atomic E-state index is 13.4. The van der Waals surface area contributed by atoms with E-state index >= 15 is 0 Å². The monoisotopic (exact) mass is 395 g/mol. The van der Waals surface area contributed by atoms with E-state index in [-0.39, 0.29) is 6.61 Å². The van der Waals surface area contributed by atoms with E-state index in [1.165, 1.54) is 11.8 Å². The Hall–Kier alpha value is -3.35. The number of likely N-dealkylation sites (tertiary alicyclic amines) is 1. The van der Waals surface area contributed by atoms with Gasteiger partial charge in [-0.1, -0.05) is 30.3 Å². The molecule has 0 spiro atoms. The highest BCUT2D eigenvalue weighted by Crippen LogP contribution is 2.33. The normalized spacial score (nSPS) is 18.3. The van der Waals surface area contributed by atoms with Gasteiger partial charge in [-0.05, 0) is 49.6 Å². The van der Waals surface area contributed by atoms with E-state index in [4.69, 9.17) is 10.5 Å². The number of nitrogens with zero attached hydrogens (tertiary/aromatic N) is 2. The highest BCUT2D eigenvalue weighted by atomic mass is 16.6. The van der Waals surface area contributed by atoms with E-state index in [9.17, 15) is 14.4 Å². The van der Waals surface area contributed by atoms with Gasteiger partial charge in [-0.2, -0.15) is 0 Å². The molecule has 3 amide bonds. The van der Waals surface area contributed by atoms with Gasteiger partial charge in [0.1, 0.15) is 12.1 Å². The van der Waals surface area contributed by atoms with E-state index in [2.05, 4.69) is 0 Å². The number of nitrogen functional groups attached to an aromatic ring is 1. The molecule has 1 aliphatic heterocycles. The third-order valence-electron chi connectivity index (χ3n) is 5.20. The molecule has 0 saturated carbocycles. The number of rotatable bonds is 4. The van der Waals surface area contributed by atoms with Crippen molar-refractivity contribution in [1.29, 1.82) is 0 Å². The predicted molar refractivity (Wildman–Crippen MR) is 110 cm³/mol. The lowest BCUT2D eigenvalue weighted by molar-refractivity contribution is -0.132. The molecule has 0 radical (unpaired) electrons. The van der Waals surface area contributed by atoms with E-state index < -0.39 is 23.4 Å². The van der Waals surface area contributed by atoms with Gasteiger partial charge in [-0.3, -0.25) is 14.5 Å². The lowest BCUT2D eigenvalue weighted by Gasteiger charge is -2.36. The summed E-state index contributed by atoms with van der Waals surface area (Å²) in [5, 5.41) is 0. The number of hydrogen-bond donors (Lipinski definition) is 1. The maximum Gasteiger partial charge on any atom is 0.410 e. The molecule has 0 aromatic heterocycles. The number of nitrogens with two attached hydrogens (primary N) is 1. The van der Waals surface area contributed by atoms with Crippen molar-refractivity contribution in [2.75, 3.05) is 17.2 Å². The zero-order valence-corrected chi connectivity index (χ0v) is 16.6. The van der Waals surface area contributed by atoms with Crippen LogP contribution in [0.2, 0.25) is 0 Å². The molecule has 1 atom stereocenters. The molecule has 1 aliphatic rings. The average molecular weight is 395 g/mol. The topological polar surface area (TPSA) is 92.9 Å². The zero-order chi connectivity index (χ0) is 21.0. The summed E-state index contributed by atoms with van der Waals surface area (Å²) in [5.41, 5.74) is 6.36. The van der Waals surface area contributed by atoms with Gasteiger partial charge < -0.3 is 10.5 Å². The van der Waals surface area contributed by atoms with Gasteiger partial charge >= 0.3 is 6.09 Å². The Morgan fingerprint density at radius 1 is 1.10 bits per heavy atom. The first-order valence-corrected chi connectivity index (χ1v) is 9.52. The molecule has 7 nitrogen and oxygen atoms in total. The SMILES string of the molecule is CC(=O)N(C(=O)C1(C)CCCN1C(=O)OCc1ccccc1)c1ccc(N)cc1. The molecular weight excluding hydrogens is 370 g/mol. The van der Waals surface area contributed by atoms with Crippen LogP contribution in [-0.4, -0.2) is 34.9 Å². The molecular formula is C22H25N3O4. The fourth-order valence-corrected chi connectivity index (χ4v) is 3.58. The van der Waals surface area contributed by atoms with Gasteiger partial charge in [0.2, 0.25) is 5.91 Å². The maximum atomic E-state index is 13.4. The smallest absolute Gasteiger partial charge is 0.410 e. The van der Waals surface area contributed by atoms with Crippen molar-refractivity contribution in [2.24, 2.45) is 0 Å². The highest BCUT2D eigenvalue weighted by Gasteiger charge is 2.49. The molecule has 152 valence electrons. The van der Waals surface area contributed by atoms with Gasteiger partial charge in [-0.25, -0.2) is 9.69 Å². The first kappa shape index (κ1) is 20.4. The number of carbonyl (C=O) groups excluding carboxylic acids is 3. The van der Waals surface area contributed by atoms with Crippen molar-refractivity contribution in [1.82, 2.24) is 4.90 Å². The molecule has 3 rings (SSSR count). The third kappa shape index (κ3) is 4.23. The molecule has 0 aliphatic carbocycles. The lowest BCUT2D eigenvalue weighted by atomic mass is 9.96. The van der Waals surface area contributed by atoms with Crippen LogP contribution in [0.4, 0.5) is 16.2 Å². The summed E-state index contributed by atoms with van der Waals surface area (Å²) in [6.45, 7) is 3.52. The van der Waals surface area contributed by atoms with Crippen LogP contribution >= 0.6 is 0 Å². The summed E-state index contributed by atoms with van der Waals surface area (Å²) >= 11 is 0. The van der Waals surface area contributed by atoms with E-state index in [1.54, 1.807) is 31.2 Å². The first-order chi connectivity index (χ1) is 13.8. The van der Waals surface area contributed by atoms with Crippen LogP contribution in [-0.2, 0) is 20.9 Å². The van der Waals surface area contributed by atoms with Crippen molar-refractivity contribution in [3.8, 4) is 0 Å². The largest absolute Gasteiger partial charge is 0.445 e. The molecule has 1 unspecified atom stereocenters. The zero-order valence-electron chi connectivity index (χ0n) is 16.6. The van der Waals surface area contributed by atoms with Crippen LogP contribution in [0.5, 0.6) is 0 Å². The fourth-order valence-electron chi connectivity index (χ4n) is 3.58. The molecule has 2 N–H and O–H groups in total. The summed E-state index contributed by atoms with van der Waals surface area (Å²) in [5.74, 6) is -0.880. The number of amides is 3. The minimum Gasteiger partial charge on any atom is -0.445 e. The van der Waals surface area contributed by atoms with Gasteiger partial charge in [0, 0.05) is 19.2 Å². The summed E-state index contributed by atoms with van der Waals surface area (Å²) in [4.78, 5) is 41.0. The Bertz CT molecular complexity index is 898. The number of anilines is 2. The average Bonchev–Trinajstić information content (AvgIpc) is 3.11. The minimum absolute atomic E-state index is 0.120. The quantitative estimate of drug-likeness (QED) is 0.802.